The zero-order chi connectivity index (χ0) is 14.7. The average Bonchev–Trinajstić information content (AvgIpc) is 3.18. The Kier molecular flexibility index (Phi) is 4.73. The molecular formula is C16H22N2O2S. The van der Waals surface area contributed by atoms with Gasteiger partial charge in [0.05, 0.1) is 16.7 Å². The molecule has 0 amide bonds. The molecule has 0 bridgehead atoms. The van der Waals surface area contributed by atoms with Gasteiger partial charge in [-0.15, -0.1) is 11.3 Å². The molecule has 3 rings (SSSR count). The topological polar surface area (TPSA) is 49.5 Å². The van der Waals surface area contributed by atoms with Gasteiger partial charge in [-0.2, -0.15) is 0 Å². The molecule has 2 atom stereocenters. The van der Waals surface area contributed by atoms with Crippen molar-refractivity contribution in [3.8, 4) is 10.6 Å². The van der Waals surface area contributed by atoms with Crippen LogP contribution in [0.1, 0.15) is 38.3 Å². The molecule has 4 nitrogen and oxygen atoms in total. The fraction of sp³-hybridized carbons (Fsp3) is 0.562. The van der Waals surface area contributed by atoms with Crippen LogP contribution in [-0.2, 0) is 6.54 Å². The Morgan fingerprint density at radius 1 is 1.52 bits per heavy atom. The summed E-state index contributed by atoms with van der Waals surface area (Å²) in [6, 6.07) is 6.33. The van der Waals surface area contributed by atoms with Gasteiger partial charge in [0.1, 0.15) is 0 Å². The highest BCUT2D eigenvalue weighted by Crippen LogP contribution is 2.27. The fourth-order valence-electron chi connectivity index (χ4n) is 3.05. The summed E-state index contributed by atoms with van der Waals surface area (Å²) in [4.78, 5) is 3.46. The largest absolute Gasteiger partial charge is 0.392 e. The summed E-state index contributed by atoms with van der Waals surface area (Å²) in [5.41, 5.74) is 0.952. The summed E-state index contributed by atoms with van der Waals surface area (Å²) >= 11 is 1.66. The molecule has 1 aliphatic rings. The van der Waals surface area contributed by atoms with Crippen LogP contribution in [0.4, 0.5) is 0 Å². The van der Waals surface area contributed by atoms with Gasteiger partial charge in [0.2, 0.25) is 0 Å². The highest BCUT2D eigenvalue weighted by molar-refractivity contribution is 7.13. The predicted octanol–water partition coefficient (Wildman–Crippen LogP) is 3.53. The first kappa shape index (κ1) is 14.8. The van der Waals surface area contributed by atoms with Crippen molar-refractivity contribution in [2.24, 2.45) is 0 Å². The lowest BCUT2D eigenvalue weighted by atomic mass is 9.96. The maximum Gasteiger partial charge on any atom is 0.177 e. The third-order valence-corrected chi connectivity index (χ3v) is 5.10. The number of rotatable bonds is 5. The Labute approximate surface area is 129 Å². The van der Waals surface area contributed by atoms with E-state index in [1.54, 1.807) is 11.3 Å². The van der Waals surface area contributed by atoms with Gasteiger partial charge in [-0.25, -0.2) is 0 Å². The lowest BCUT2D eigenvalue weighted by Gasteiger charge is -2.37. The van der Waals surface area contributed by atoms with Crippen LogP contribution in [0.5, 0.6) is 0 Å². The van der Waals surface area contributed by atoms with Crippen LogP contribution in [-0.4, -0.2) is 33.9 Å². The Bertz CT molecular complexity index is 552. The molecule has 0 aromatic carbocycles. The van der Waals surface area contributed by atoms with Crippen LogP contribution >= 0.6 is 11.3 Å². The molecule has 21 heavy (non-hydrogen) atoms. The van der Waals surface area contributed by atoms with E-state index in [1.165, 1.54) is 12.8 Å². The van der Waals surface area contributed by atoms with Gasteiger partial charge in [-0.05, 0) is 37.3 Å². The van der Waals surface area contributed by atoms with E-state index in [4.69, 9.17) is 4.52 Å². The number of aliphatic hydroxyl groups is 1. The highest BCUT2D eigenvalue weighted by Gasteiger charge is 2.28. The third kappa shape index (κ3) is 3.36. The summed E-state index contributed by atoms with van der Waals surface area (Å²) < 4.78 is 5.44. The van der Waals surface area contributed by atoms with Crippen molar-refractivity contribution < 1.29 is 9.63 Å². The van der Waals surface area contributed by atoms with E-state index >= 15 is 0 Å². The van der Waals surface area contributed by atoms with E-state index in [-0.39, 0.29) is 12.1 Å². The van der Waals surface area contributed by atoms with Gasteiger partial charge < -0.3 is 9.63 Å². The van der Waals surface area contributed by atoms with Crippen molar-refractivity contribution in [3.63, 3.8) is 0 Å². The average molecular weight is 306 g/mol. The van der Waals surface area contributed by atoms with Crippen molar-refractivity contribution in [2.75, 3.05) is 6.54 Å². The first-order valence-corrected chi connectivity index (χ1v) is 8.57. The minimum Gasteiger partial charge on any atom is -0.392 e. The van der Waals surface area contributed by atoms with E-state index in [1.807, 2.05) is 30.5 Å². The van der Waals surface area contributed by atoms with E-state index in [0.717, 1.165) is 42.3 Å². The number of hydrogen-bond acceptors (Lipinski definition) is 5. The van der Waals surface area contributed by atoms with Gasteiger partial charge in [0.15, 0.2) is 5.76 Å². The van der Waals surface area contributed by atoms with Crippen molar-refractivity contribution in [3.05, 3.63) is 29.3 Å². The maximum absolute atomic E-state index is 10.2. The number of hydrogen-bond donors (Lipinski definition) is 1. The molecule has 1 N–H and O–H groups in total. The molecule has 2 aromatic rings. The number of aliphatic hydroxyl groups excluding tert-OH is 1. The van der Waals surface area contributed by atoms with Crippen LogP contribution in [0.25, 0.3) is 10.6 Å². The minimum absolute atomic E-state index is 0.242. The lowest BCUT2D eigenvalue weighted by molar-refractivity contribution is 0.0185. The Morgan fingerprint density at radius 3 is 3.19 bits per heavy atom. The second kappa shape index (κ2) is 6.73. The molecular weight excluding hydrogens is 284 g/mol. The normalized spacial score (nSPS) is 21.5. The summed E-state index contributed by atoms with van der Waals surface area (Å²) in [7, 11) is 0. The molecule has 1 fully saturated rings. The Balaban J connectivity index is 1.70. The molecule has 0 radical (unpaired) electrons. The number of nitrogens with zero attached hydrogens (tertiary/aromatic N) is 2. The van der Waals surface area contributed by atoms with Gasteiger partial charge in [0, 0.05) is 18.7 Å². The maximum atomic E-state index is 10.2. The quantitative estimate of drug-likeness (QED) is 0.918. The standard InChI is InChI=1S/C16H22N2O2S/c1-2-14(19)13-6-3-4-8-18(13)11-12-10-15(20-17-12)16-7-5-9-21-16/h5,7,9-10,13-14,19H,2-4,6,8,11H2,1H3. The van der Waals surface area contributed by atoms with Gasteiger partial charge >= 0.3 is 0 Å². The first-order valence-electron chi connectivity index (χ1n) is 7.69. The molecule has 1 saturated heterocycles. The monoisotopic (exact) mass is 306 g/mol. The van der Waals surface area contributed by atoms with Crippen LogP contribution in [0.2, 0.25) is 0 Å². The van der Waals surface area contributed by atoms with Crippen LogP contribution < -0.4 is 0 Å². The Morgan fingerprint density at radius 2 is 2.43 bits per heavy atom. The second-order valence-corrected chi connectivity index (χ2v) is 6.62. The van der Waals surface area contributed by atoms with E-state index in [0.29, 0.717) is 0 Å². The number of piperidine rings is 1. The second-order valence-electron chi connectivity index (χ2n) is 5.67. The van der Waals surface area contributed by atoms with Crippen LogP contribution in [0.3, 0.4) is 0 Å². The smallest absolute Gasteiger partial charge is 0.177 e. The molecule has 114 valence electrons. The molecule has 1 aliphatic heterocycles. The van der Waals surface area contributed by atoms with E-state index in [9.17, 15) is 5.11 Å². The minimum atomic E-state index is -0.242. The fourth-order valence-corrected chi connectivity index (χ4v) is 3.72. The van der Waals surface area contributed by atoms with Gasteiger partial charge in [0.25, 0.3) is 0 Å². The molecule has 3 heterocycles. The molecule has 2 aromatic heterocycles. The van der Waals surface area contributed by atoms with Gasteiger partial charge in [-0.3, -0.25) is 4.90 Å². The summed E-state index contributed by atoms with van der Waals surface area (Å²) in [6.45, 7) is 3.84. The molecule has 2 unspecified atom stereocenters. The molecule has 0 aliphatic carbocycles. The van der Waals surface area contributed by atoms with Crippen molar-refractivity contribution in [2.45, 2.75) is 51.3 Å². The number of aromatic nitrogens is 1. The van der Waals surface area contributed by atoms with Crippen LogP contribution in [0, 0.1) is 0 Å². The van der Waals surface area contributed by atoms with Crippen LogP contribution in [0.15, 0.2) is 28.1 Å². The first-order chi connectivity index (χ1) is 10.3. The van der Waals surface area contributed by atoms with Crippen molar-refractivity contribution in [1.29, 1.82) is 0 Å². The lowest BCUT2D eigenvalue weighted by Crippen LogP contribution is -2.46. The summed E-state index contributed by atoms with van der Waals surface area (Å²) in [5, 5.41) is 16.4. The SMILES string of the molecule is CCC(O)C1CCCCN1Cc1cc(-c2cccs2)on1. The third-order valence-electron chi connectivity index (χ3n) is 4.21. The van der Waals surface area contributed by atoms with Crippen molar-refractivity contribution in [1.82, 2.24) is 10.1 Å². The van der Waals surface area contributed by atoms with E-state index < -0.39 is 0 Å². The Hall–Kier alpha value is -1.17. The summed E-state index contributed by atoms with van der Waals surface area (Å²) in [5.74, 6) is 0.838. The van der Waals surface area contributed by atoms with Gasteiger partial charge in [-0.1, -0.05) is 24.6 Å². The zero-order valence-corrected chi connectivity index (χ0v) is 13.2. The summed E-state index contributed by atoms with van der Waals surface area (Å²) in [6.07, 6.45) is 4.04. The number of likely N-dealkylation sites (tertiary alicyclic amines) is 1. The predicted molar refractivity (Wildman–Crippen MR) is 84.2 cm³/mol. The number of thiophene rings is 1. The molecule has 5 heteroatoms. The molecule has 0 saturated carbocycles. The highest BCUT2D eigenvalue weighted by atomic mass is 32.1. The van der Waals surface area contributed by atoms with E-state index in [2.05, 4.69) is 10.1 Å². The van der Waals surface area contributed by atoms with Crippen molar-refractivity contribution >= 4 is 11.3 Å². The zero-order valence-electron chi connectivity index (χ0n) is 12.4. The molecule has 0 spiro atoms.